The van der Waals surface area contributed by atoms with Crippen LogP contribution < -0.4 is 4.72 Å². The van der Waals surface area contributed by atoms with Crippen LogP contribution in [0.4, 0.5) is 0 Å². The Hall–Kier alpha value is -0.890. The fraction of sp³-hybridized carbons (Fsp3) is 0.714. The van der Waals surface area contributed by atoms with Crippen LogP contribution in [0.1, 0.15) is 36.3 Å². The van der Waals surface area contributed by atoms with Crippen molar-refractivity contribution in [1.82, 2.24) is 9.62 Å². The summed E-state index contributed by atoms with van der Waals surface area (Å²) in [5, 5.41) is 9.39. The zero-order valence-electron chi connectivity index (χ0n) is 13.1. The molecule has 0 aromatic carbocycles. The summed E-state index contributed by atoms with van der Waals surface area (Å²) in [4.78, 5) is 2.16. The van der Waals surface area contributed by atoms with Crippen molar-refractivity contribution in [1.29, 1.82) is 0 Å². The molecule has 1 aliphatic carbocycles. The van der Waals surface area contributed by atoms with E-state index in [1.807, 2.05) is 14.1 Å². The molecule has 1 heterocycles. The third-order valence-corrected chi connectivity index (χ3v) is 6.17. The lowest BCUT2D eigenvalue weighted by atomic mass is 9.76. The number of nitrogens with zero attached hydrogens (tertiary/aromatic N) is 1. The van der Waals surface area contributed by atoms with E-state index in [9.17, 15) is 13.5 Å². The number of aliphatic hydroxyl groups excluding tert-OH is 1. The zero-order chi connectivity index (χ0) is 15.8. The fourth-order valence-electron chi connectivity index (χ4n) is 2.91. The average molecular weight is 316 g/mol. The van der Waals surface area contributed by atoms with Gasteiger partial charge in [0.05, 0.1) is 6.61 Å². The molecule has 0 radical (unpaired) electrons. The highest BCUT2D eigenvalue weighted by Crippen LogP contribution is 2.36. The van der Waals surface area contributed by atoms with E-state index in [0.717, 1.165) is 19.3 Å². The zero-order valence-corrected chi connectivity index (χ0v) is 13.9. The van der Waals surface area contributed by atoms with Crippen LogP contribution in [0.15, 0.2) is 9.31 Å². The second-order valence-corrected chi connectivity index (χ2v) is 7.68. The first-order valence-electron chi connectivity index (χ1n) is 7.10. The Labute approximate surface area is 126 Å². The molecule has 2 rings (SSSR count). The molecule has 0 saturated heterocycles. The van der Waals surface area contributed by atoms with E-state index in [4.69, 9.17) is 4.42 Å². The molecule has 0 aliphatic heterocycles. The molecule has 1 aliphatic rings. The van der Waals surface area contributed by atoms with E-state index in [-0.39, 0.29) is 17.0 Å². The van der Waals surface area contributed by atoms with Gasteiger partial charge in [-0.3, -0.25) is 0 Å². The van der Waals surface area contributed by atoms with Crippen LogP contribution in [0.2, 0.25) is 0 Å². The highest BCUT2D eigenvalue weighted by Gasteiger charge is 2.40. The predicted molar refractivity (Wildman–Crippen MR) is 79.6 cm³/mol. The number of aliphatic hydroxyl groups is 1. The fourth-order valence-corrected chi connectivity index (χ4v) is 4.47. The van der Waals surface area contributed by atoms with Crippen molar-refractivity contribution in [3.63, 3.8) is 0 Å². The van der Waals surface area contributed by atoms with Gasteiger partial charge in [-0.15, -0.1) is 0 Å². The molecule has 1 aromatic heterocycles. The molecule has 0 spiro atoms. The highest BCUT2D eigenvalue weighted by atomic mass is 32.2. The maximum Gasteiger partial charge on any atom is 0.244 e. The van der Waals surface area contributed by atoms with E-state index in [1.54, 1.807) is 13.8 Å². The van der Waals surface area contributed by atoms with E-state index in [1.165, 1.54) is 0 Å². The van der Waals surface area contributed by atoms with Gasteiger partial charge in [0.2, 0.25) is 10.0 Å². The number of aryl methyl sites for hydroxylation is 2. The first kappa shape index (κ1) is 16.5. The van der Waals surface area contributed by atoms with Gasteiger partial charge in [-0.25, -0.2) is 13.1 Å². The van der Waals surface area contributed by atoms with E-state index >= 15 is 0 Å². The molecule has 2 N–H and O–H groups in total. The summed E-state index contributed by atoms with van der Waals surface area (Å²) in [5.74, 6) is 0.762. The number of hydrogen-bond donors (Lipinski definition) is 2. The molecule has 1 aromatic rings. The maximum absolute atomic E-state index is 12.6. The molecule has 6 nitrogen and oxygen atoms in total. The first-order chi connectivity index (χ1) is 9.73. The van der Waals surface area contributed by atoms with Gasteiger partial charge in [0.15, 0.2) is 0 Å². The molecule has 0 atom stereocenters. The topological polar surface area (TPSA) is 82.8 Å². The van der Waals surface area contributed by atoms with Crippen molar-refractivity contribution in [2.75, 3.05) is 20.6 Å². The van der Waals surface area contributed by atoms with Crippen LogP contribution in [-0.4, -0.2) is 44.6 Å². The van der Waals surface area contributed by atoms with Gasteiger partial charge in [0, 0.05) is 17.6 Å². The van der Waals surface area contributed by atoms with Gasteiger partial charge in [-0.1, -0.05) is 0 Å². The van der Waals surface area contributed by atoms with Crippen LogP contribution >= 0.6 is 0 Å². The molecular formula is C14H24N2O4S. The molecule has 7 heteroatoms. The van der Waals surface area contributed by atoms with Gasteiger partial charge in [-0.05, 0) is 47.2 Å². The number of nitrogens with one attached hydrogen (secondary N) is 1. The summed E-state index contributed by atoms with van der Waals surface area (Å²) >= 11 is 0. The molecule has 1 fully saturated rings. The lowest BCUT2D eigenvalue weighted by molar-refractivity contribution is 0.0656. The van der Waals surface area contributed by atoms with Crippen molar-refractivity contribution in [2.45, 2.75) is 50.2 Å². The Balaban J connectivity index is 2.24. The van der Waals surface area contributed by atoms with Gasteiger partial charge in [0.25, 0.3) is 0 Å². The van der Waals surface area contributed by atoms with Gasteiger partial charge < -0.3 is 14.4 Å². The molecular weight excluding hydrogens is 292 g/mol. The largest absolute Gasteiger partial charge is 0.465 e. The normalized spacial score (nSPS) is 18.0. The molecule has 0 amide bonds. The summed E-state index contributed by atoms with van der Waals surface area (Å²) in [5.41, 5.74) is 0.242. The summed E-state index contributed by atoms with van der Waals surface area (Å²) < 4.78 is 33.1. The Morgan fingerprint density at radius 1 is 1.29 bits per heavy atom. The number of sulfonamides is 1. The van der Waals surface area contributed by atoms with Gasteiger partial charge in [0.1, 0.15) is 16.4 Å². The quantitative estimate of drug-likeness (QED) is 0.823. The molecule has 0 bridgehead atoms. The summed E-state index contributed by atoms with van der Waals surface area (Å²) in [7, 11) is 0.258. The van der Waals surface area contributed by atoms with E-state index in [2.05, 4.69) is 9.62 Å². The molecule has 21 heavy (non-hydrogen) atoms. The van der Waals surface area contributed by atoms with Crippen LogP contribution in [0.5, 0.6) is 0 Å². The molecule has 1 saturated carbocycles. The Morgan fingerprint density at radius 2 is 1.90 bits per heavy atom. The number of furan rings is 1. The second kappa shape index (κ2) is 5.72. The molecule has 0 unspecified atom stereocenters. The van der Waals surface area contributed by atoms with Gasteiger partial charge >= 0.3 is 0 Å². The monoisotopic (exact) mass is 316 g/mol. The number of rotatable bonds is 6. The van der Waals surface area contributed by atoms with E-state index < -0.39 is 10.0 Å². The maximum atomic E-state index is 12.6. The standard InChI is InChI=1S/C14H24N2O4S/c1-10-12(8-17)13(11(2)20-10)21(18,19)15-9-14(16(3)4)6-5-7-14/h15,17H,5-9H2,1-4H3. The van der Waals surface area contributed by atoms with Crippen LogP contribution in [0, 0.1) is 13.8 Å². The van der Waals surface area contributed by atoms with E-state index in [0.29, 0.717) is 23.6 Å². The number of likely N-dealkylation sites (N-methyl/N-ethyl adjacent to an activating group) is 1. The Morgan fingerprint density at radius 3 is 2.33 bits per heavy atom. The van der Waals surface area contributed by atoms with Crippen molar-refractivity contribution >= 4 is 10.0 Å². The lowest BCUT2D eigenvalue weighted by Gasteiger charge is -2.47. The second-order valence-electron chi connectivity index (χ2n) is 5.98. The molecule has 120 valence electrons. The summed E-state index contributed by atoms with van der Waals surface area (Å²) in [6.07, 6.45) is 3.09. The van der Waals surface area contributed by atoms with Crippen molar-refractivity contribution in [2.24, 2.45) is 0 Å². The van der Waals surface area contributed by atoms with Crippen molar-refractivity contribution in [3.05, 3.63) is 17.1 Å². The minimum Gasteiger partial charge on any atom is -0.465 e. The highest BCUT2D eigenvalue weighted by molar-refractivity contribution is 7.89. The summed E-state index contributed by atoms with van der Waals surface area (Å²) in [6.45, 7) is 3.28. The third-order valence-electron chi connectivity index (χ3n) is 4.58. The Bertz CT molecular complexity index is 615. The minimum absolute atomic E-state index is 0.0794. The minimum atomic E-state index is -3.69. The van der Waals surface area contributed by atoms with Crippen LogP contribution in [-0.2, 0) is 16.6 Å². The lowest BCUT2D eigenvalue weighted by Crippen LogP contribution is -2.57. The Kier molecular flexibility index (Phi) is 4.49. The number of hydrogen-bond acceptors (Lipinski definition) is 5. The SMILES string of the molecule is Cc1oc(C)c(S(=O)(=O)NCC2(N(C)C)CCC2)c1CO. The predicted octanol–water partition coefficient (Wildman–Crippen LogP) is 1.15. The third kappa shape index (κ3) is 2.88. The van der Waals surface area contributed by atoms with Crippen LogP contribution in [0.25, 0.3) is 0 Å². The smallest absolute Gasteiger partial charge is 0.244 e. The van der Waals surface area contributed by atoms with Gasteiger partial charge in [-0.2, -0.15) is 0 Å². The van der Waals surface area contributed by atoms with Crippen molar-refractivity contribution in [3.8, 4) is 0 Å². The first-order valence-corrected chi connectivity index (χ1v) is 8.59. The average Bonchev–Trinajstić information content (AvgIpc) is 2.62. The van der Waals surface area contributed by atoms with Crippen molar-refractivity contribution < 1.29 is 17.9 Å². The van der Waals surface area contributed by atoms with Crippen LogP contribution in [0.3, 0.4) is 0 Å². The summed E-state index contributed by atoms with van der Waals surface area (Å²) in [6, 6.07) is 0.